The molecule has 20 heavy (non-hydrogen) atoms. The summed E-state index contributed by atoms with van der Waals surface area (Å²) in [6, 6.07) is -0.00716. The summed E-state index contributed by atoms with van der Waals surface area (Å²) in [6.45, 7) is 5.47. The molecule has 2 atom stereocenters. The molecule has 0 saturated carbocycles. The summed E-state index contributed by atoms with van der Waals surface area (Å²) in [5, 5.41) is 14.3. The van der Waals surface area contributed by atoms with E-state index in [1.54, 1.807) is 6.92 Å². The number of nitrogens with zero attached hydrogens (tertiary/aromatic N) is 2. The van der Waals surface area contributed by atoms with Gasteiger partial charge in [0.15, 0.2) is 0 Å². The van der Waals surface area contributed by atoms with Crippen LogP contribution in [-0.2, 0) is 4.79 Å². The number of carbonyl (C=O) groups is 2. The quantitative estimate of drug-likeness (QED) is 0.621. The molecule has 1 aliphatic rings. The minimum absolute atomic E-state index is 0.165. The molecule has 7 heteroatoms. The number of nitrogens with one attached hydrogen (secondary N) is 2. The predicted molar refractivity (Wildman–Crippen MR) is 76.7 cm³/mol. The molecular weight excluding hydrogens is 260 g/mol. The third-order valence-corrected chi connectivity index (χ3v) is 3.83. The molecule has 0 aromatic carbocycles. The Morgan fingerprint density at radius 1 is 1.30 bits per heavy atom. The Morgan fingerprint density at radius 3 is 2.60 bits per heavy atom. The first-order chi connectivity index (χ1) is 9.43. The summed E-state index contributed by atoms with van der Waals surface area (Å²) in [7, 11) is 4.12. The molecule has 116 valence electrons. The van der Waals surface area contributed by atoms with E-state index in [9.17, 15) is 9.59 Å². The number of piperazine rings is 1. The number of hydrogen-bond acceptors (Lipinski definition) is 4. The molecule has 0 aliphatic carbocycles. The van der Waals surface area contributed by atoms with Crippen LogP contribution >= 0.6 is 0 Å². The highest BCUT2D eigenvalue weighted by atomic mass is 16.4. The van der Waals surface area contributed by atoms with E-state index < -0.39 is 11.9 Å². The van der Waals surface area contributed by atoms with Crippen LogP contribution in [0.5, 0.6) is 0 Å². The third kappa shape index (κ3) is 5.34. The lowest BCUT2D eigenvalue weighted by atomic mass is 10.1. The smallest absolute Gasteiger partial charge is 0.314 e. The van der Waals surface area contributed by atoms with Gasteiger partial charge in [0, 0.05) is 38.8 Å². The van der Waals surface area contributed by atoms with E-state index in [2.05, 4.69) is 34.5 Å². The van der Waals surface area contributed by atoms with E-state index in [4.69, 9.17) is 5.11 Å². The average Bonchev–Trinajstić information content (AvgIpc) is 2.40. The lowest BCUT2D eigenvalue weighted by molar-refractivity contribution is -0.141. The number of aliphatic carboxylic acids is 1. The van der Waals surface area contributed by atoms with Crippen LogP contribution in [0.25, 0.3) is 0 Å². The number of rotatable bonds is 6. The number of urea groups is 1. The van der Waals surface area contributed by atoms with Crippen LogP contribution in [0, 0.1) is 5.92 Å². The van der Waals surface area contributed by atoms with Crippen LogP contribution in [0.3, 0.4) is 0 Å². The largest absolute Gasteiger partial charge is 0.481 e. The average molecular weight is 286 g/mol. The van der Waals surface area contributed by atoms with E-state index in [0.717, 1.165) is 19.6 Å². The minimum atomic E-state index is -0.874. The Kier molecular flexibility index (Phi) is 6.74. The summed E-state index contributed by atoms with van der Waals surface area (Å²) in [4.78, 5) is 27.0. The standard InChI is InChI=1S/C13H26N4O3/c1-4-10(12(18)19)7-14-13(20)15-8-11-9-16(2)5-6-17(11)3/h10-11H,4-9H2,1-3H3,(H,18,19)(H2,14,15,20). The van der Waals surface area contributed by atoms with Gasteiger partial charge in [-0.25, -0.2) is 4.79 Å². The Labute approximate surface area is 120 Å². The van der Waals surface area contributed by atoms with Crippen molar-refractivity contribution in [3.63, 3.8) is 0 Å². The number of likely N-dealkylation sites (N-methyl/N-ethyl adjacent to an activating group) is 2. The van der Waals surface area contributed by atoms with Gasteiger partial charge >= 0.3 is 12.0 Å². The van der Waals surface area contributed by atoms with Gasteiger partial charge in [-0.3, -0.25) is 9.69 Å². The van der Waals surface area contributed by atoms with Gasteiger partial charge in [-0.1, -0.05) is 6.92 Å². The molecule has 1 rings (SSSR count). The molecule has 0 aromatic heterocycles. The van der Waals surface area contributed by atoms with Crippen molar-refractivity contribution in [1.29, 1.82) is 0 Å². The van der Waals surface area contributed by atoms with Crippen molar-refractivity contribution in [2.45, 2.75) is 19.4 Å². The minimum Gasteiger partial charge on any atom is -0.481 e. The highest BCUT2D eigenvalue weighted by molar-refractivity contribution is 5.75. The molecule has 0 spiro atoms. The van der Waals surface area contributed by atoms with E-state index in [-0.39, 0.29) is 12.6 Å². The van der Waals surface area contributed by atoms with Crippen molar-refractivity contribution in [2.24, 2.45) is 5.92 Å². The van der Waals surface area contributed by atoms with E-state index in [1.807, 2.05) is 0 Å². The molecule has 3 N–H and O–H groups in total. The first-order valence-electron chi connectivity index (χ1n) is 7.07. The van der Waals surface area contributed by atoms with Crippen molar-refractivity contribution in [3.8, 4) is 0 Å². The van der Waals surface area contributed by atoms with Crippen LogP contribution in [-0.4, -0.2) is 79.8 Å². The van der Waals surface area contributed by atoms with Crippen molar-refractivity contribution >= 4 is 12.0 Å². The maximum atomic E-state index is 11.7. The lowest BCUT2D eigenvalue weighted by Gasteiger charge is -2.37. The summed E-state index contributed by atoms with van der Waals surface area (Å²) < 4.78 is 0. The summed E-state index contributed by atoms with van der Waals surface area (Å²) >= 11 is 0. The van der Waals surface area contributed by atoms with Crippen LogP contribution in [0.4, 0.5) is 4.79 Å². The summed E-state index contributed by atoms with van der Waals surface area (Å²) in [5.74, 6) is -1.40. The molecule has 7 nitrogen and oxygen atoms in total. The molecule has 2 amide bonds. The van der Waals surface area contributed by atoms with E-state index >= 15 is 0 Å². The number of carboxylic acids is 1. The van der Waals surface area contributed by atoms with Crippen molar-refractivity contribution in [1.82, 2.24) is 20.4 Å². The number of carboxylic acid groups (broad SMARTS) is 1. The Bertz CT molecular complexity index is 338. The fourth-order valence-corrected chi connectivity index (χ4v) is 2.22. The maximum absolute atomic E-state index is 11.7. The normalized spacial score (nSPS) is 22.2. The number of carbonyl (C=O) groups excluding carboxylic acids is 1. The Morgan fingerprint density at radius 2 is 2.00 bits per heavy atom. The summed E-state index contributed by atoms with van der Waals surface area (Å²) in [5.41, 5.74) is 0. The van der Waals surface area contributed by atoms with Gasteiger partial charge in [-0.15, -0.1) is 0 Å². The summed E-state index contributed by atoms with van der Waals surface area (Å²) in [6.07, 6.45) is 0.506. The van der Waals surface area contributed by atoms with Gasteiger partial charge in [0.05, 0.1) is 5.92 Å². The monoisotopic (exact) mass is 286 g/mol. The molecule has 0 aromatic rings. The second kappa shape index (κ2) is 8.06. The zero-order valence-corrected chi connectivity index (χ0v) is 12.6. The molecule has 1 fully saturated rings. The molecule has 2 unspecified atom stereocenters. The van der Waals surface area contributed by atoms with Gasteiger partial charge in [0.2, 0.25) is 0 Å². The van der Waals surface area contributed by atoms with Gasteiger partial charge < -0.3 is 20.6 Å². The fraction of sp³-hybridized carbons (Fsp3) is 0.846. The van der Waals surface area contributed by atoms with Crippen molar-refractivity contribution in [2.75, 3.05) is 46.8 Å². The molecule has 0 bridgehead atoms. The molecule has 0 radical (unpaired) electrons. The Hall–Kier alpha value is -1.34. The van der Waals surface area contributed by atoms with Gasteiger partial charge in [-0.05, 0) is 20.5 Å². The van der Waals surface area contributed by atoms with Crippen LogP contribution in [0.1, 0.15) is 13.3 Å². The highest BCUT2D eigenvalue weighted by Crippen LogP contribution is 2.04. The maximum Gasteiger partial charge on any atom is 0.314 e. The Balaban J connectivity index is 2.27. The zero-order chi connectivity index (χ0) is 15.1. The fourth-order valence-electron chi connectivity index (χ4n) is 2.22. The van der Waals surface area contributed by atoms with E-state index in [0.29, 0.717) is 19.0 Å². The van der Waals surface area contributed by atoms with Crippen LogP contribution < -0.4 is 10.6 Å². The molecule has 1 heterocycles. The topological polar surface area (TPSA) is 84.9 Å². The van der Waals surface area contributed by atoms with Crippen LogP contribution in [0.15, 0.2) is 0 Å². The second-order valence-corrected chi connectivity index (χ2v) is 5.43. The van der Waals surface area contributed by atoms with Crippen molar-refractivity contribution < 1.29 is 14.7 Å². The van der Waals surface area contributed by atoms with Gasteiger partial charge in [-0.2, -0.15) is 0 Å². The lowest BCUT2D eigenvalue weighted by Crippen LogP contribution is -2.55. The molecule has 1 aliphatic heterocycles. The second-order valence-electron chi connectivity index (χ2n) is 5.43. The van der Waals surface area contributed by atoms with Gasteiger partial charge in [0.1, 0.15) is 0 Å². The van der Waals surface area contributed by atoms with Gasteiger partial charge in [0.25, 0.3) is 0 Å². The molecular formula is C13H26N4O3. The SMILES string of the molecule is CCC(CNC(=O)NCC1CN(C)CCN1C)C(=O)O. The number of amides is 2. The predicted octanol–water partition coefficient (Wildman–Crippen LogP) is -0.358. The highest BCUT2D eigenvalue weighted by Gasteiger charge is 2.22. The number of hydrogen-bond donors (Lipinski definition) is 3. The third-order valence-electron chi connectivity index (χ3n) is 3.83. The van der Waals surface area contributed by atoms with E-state index in [1.165, 1.54) is 0 Å². The zero-order valence-electron chi connectivity index (χ0n) is 12.6. The molecule has 1 saturated heterocycles. The first-order valence-corrected chi connectivity index (χ1v) is 7.07. The van der Waals surface area contributed by atoms with Crippen molar-refractivity contribution in [3.05, 3.63) is 0 Å². The van der Waals surface area contributed by atoms with Crippen LogP contribution in [0.2, 0.25) is 0 Å². The first kappa shape index (κ1) is 16.7.